The molecule has 0 aliphatic heterocycles. The number of benzene rings is 2. The number of anilines is 3. The van der Waals surface area contributed by atoms with E-state index in [1.807, 2.05) is 61.3 Å². The molecule has 1 unspecified atom stereocenters. The molecule has 0 amide bonds. The molecule has 12 heteroatoms. The zero-order chi connectivity index (χ0) is 26.0. The molecule has 188 valence electrons. The van der Waals surface area contributed by atoms with Crippen LogP contribution in [0, 0.1) is 0 Å². The van der Waals surface area contributed by atoms with Crippen molar-refractivity contribution in [3.8, 4) is 11.3 Å². The van der Waals surface area contributed by atoms with Gasteiger partial charge in [0, 0.05) is 24.9 Å². The van der Waals surface area contributed by atoms with Crippen molar-refractivity contribution in [1.82, 2.24) is 29.5 Å². The Bertz CT molecular complexity index is 1660. The van der Waals surface area contributed by atoms with Gasteiger partial charge in [0.25, 0.3) is 0 Å². The first-order chi connectivity index (χ1) is 17.8. The molecule has 3 N–H and O–H groups in total. The number of aromatic nitrogens is 6. The van der Waals surface area contributed by atoms with Crippen LogP contribution in [0.1, 0.15) is 24.9 Å². The number of sulfonamides is 1. The molecular formula is C25H25N9O2S. The van der Waals surface area contributed by atoms with Gasteiger partial charge >= 0.3 is 0 Å². The molecule has 11 nitrogen and oxygen atoms in total. The maximum atomic E-state index is 11.8. The van der Waals surface area contributed by atoms with E-state index in [4.69, 9.17) is 10.1 Å². The van der Waals surface area contributed by atoms with Crippen LogP contribution in [0.15, 0.2) is 84.1 Å². The average Bonchev–Trinajstić information content (AvgIpc) is 3.40. The number of nitrogens with zero attached hydrogens (tertiary/aromatic N) is 7. The quantitative estimate of drug-likeness (QED) is 0.317. The summed E-state index contributed by atoms with van der Waals surface area (Å²) in [5.41, 5.74) is 3.14. The lowest BCUT2D eigenvalue weighted by atomic mass is 10.1. The highest BCUT2D eigenvalue weighted by Gasteiger charge is 2.18. The highest BCUT2D eigenvalue weighted by atomic mass is 32.2. The van der Waals surface area contributed by atoms with Gasteiger partial charge in [-0.05, 0) is 30.2 Å². The average molecular weight is 516 g/mol. The van der Waals surface area contributed by atoms with Crippen LogP contribution in [0.25, 0.3) is 16.9 Å². The molecule has 3 aromatic heterocycles. The van der Waals surface area contributed by atoms with Crippen LogP contribution in [0.4, 0.5) is 17.7 Å². The topological polar surface area (TPSA) is 144 Å². The SMILES string of the molecule is CCC(Nc1nccc(N(C)c2nc(-c3ccccc3)cc3ncnn23)n1)c1cccc(S(N)(=O)=O)c1. The molecule has 0 aliphatic rings. The van der Waals surface area contributed by atoms with E-state index < -0.39 is 10.0 Å². The second-order valence-corrected chi connectivity index (χ2v) is 9.92. The normalized spacial score (nSPS) is 12.4. The first-order valence-corrected chi connectivity index (χ1v) is 13.1. The lowest BCUT2D eigenvalue weighted by molar-refractivity contribution is 0.597. The van der Waals surface area contributed by atoms with E-state index in [9.17, 15) is 8.42 Å². The third kappa shape index (κ3) is 5.10. The van der Waals surface area contributed by atoms with E-state index in [0.717, 1.165) is 16.8 Å². The molecule has 0 aliphatic carbocycles. The van der Waals surface area contributed by atoms with Gasteiger partial charge < -0.3 is 5.32 Å². The van der Waals surface area contributed by atoms with Crippen molar-refractivity contribution in [3.05, 3.63) is 84.8 Å². The molecule has 0 bridgehead atoms. The van der Waals surface area contributed by atoms with Gasteiger partial charge in [0.05, 0.1) is 16.6 Å². The van der Waals surface area contributed by atoms with Crippen LogP contribution in [-0.2, 0) is 10.0 Å². The van der Waals surface area contributed by atoms with Gasteiger partial charge in [-0.1, -0.05) is 49.4 Å². The fourth-order valence-corrected chi connectivity index (χ4v) is 4.55. The van der Waals surface area contributed by atoms with E-state index in [-0.39, 0.29) is 10.9 Å². The van der Waals surface area contributed by atoms with E-state index >= 15 is 0 Å². The van der Waals surface area contributed by atoms with Crippen LogP contribution < -0.4 is 15.4 Å². The predicted octanol–water partition coefficient (Wildman–Crippen LogP) is 3.56. The van der Waals surface area contributed by atoms with Crippen LogP contribution in [0.3, 0.4) is 0 Å². The fraction of sp³-hybridized carbons (Fsp3) is 0.160. The van der Waals surface area contributed by atoms with Gasteiger partial charge in [0.15, 0.2) is 5.65 Å². The van der Waals surface area contributed by atoms with E-state index in [1.54, 1.807) is 28.9 Å². The second-order valence-electron chi connectivity index (χ2n) is 8.36. The summed E-state index contributed by atoms with van der Waals surface area (Å²) in [6, 6.07) is 19.8. The van der Waals surface area contributed by atoms with Crippen molar-refractivity contribution in [1.29, 1.82) is 0 Å². The molecule has 0 saturated carbocycles. The Kier molecular flexibility index (Phi) is 6.51. The Labute approximate surface area is 214 Å². The Morgan fingerprint density at radius 2 is 1.84 bits per heavy atom. The molecule has 3 heterocycles. The number of nitrogens with two attached hydrogens (primary N) is 1. The summed E-state index contributed by atoms with van der Waals surface area (Å²) in [5, 5.41) is 12.9. The summed E-state index contributed by atoms with van der Waals surface area (Å²) in [6.07, 6.45) is 3.80. The summed E-state index contributed by atoms with van der Waals surface area (Å²) < 4.78 is 25.3. The van der Waals surface area contributed by atoms with E-state index in [0.29, 0.717) is 29.8 Å². The van der Waals surface area contributed by atoms with Crippen molar-refractivity contribution >= 4 is 33.4 Å². The summed E-state index contributed by atoms with van der Waals surface area (Å²) in [4.78, 5) is 20.1. The Hall–Kier alpha value is -4.42. The third-order valence-corrected chi connectivity index (χ3v) is 6.82. The number of rotatable bonds is 8. The number of fused-ring (bicyclic) bond motifs is 1. The minimum absolute atomic E-state index is 0.0564. The van der Waals surface area contributed by atoms with Gasteiger partial charge in [-0.3, -0.25) is 4.90 Å². The van der Waals surface area contributed by atoms with E-state index in [1.165, 1.54) is 12.4 Å². The Balaban J connectivity index is 1.47. The maximum Gasteiger partial charge on any atom is 0.238 e. The van der Waals surface area contributed by atoms with Gasteiger partial charge in [0.2, 0.25) is 21.9 Å². The zero-order valence-corrected chi connectivity index (χ0v) is 21.0. The molecule has 37 heavy (non-hydrogen) atoms. The Morgan fingerprint density at radius 3 is 2.59 bits per heavy atom. The molecule has 0 fully saturated rings. The molecular weight excluding hydrogens is 490 g/mol. The fourth-order valence-electron chi connectivity index (χ4n) is 3.98. The lowest BCUT2D eigenvalue weighted by Gasteiger charge is -2.21. The van der Waals surface area contributed by atoms with Crippen LogP contribution in [-0.4, -0.2) is 45.0 Å². The summed E-state index contributed by atoms with van der Waals surface area (Å²) in [6.45, 7) is 1.98. The number of primary sulfonamides is 1. The largest absolute Gasteiger partial charge is 0.347 e. The molecule has 1 atom stereocenters. The molecule has 0 radical (unpaired) electrons. The highest BCUT2D eigenvalue weighted by Crippen LogP contribution is 2.27. The molecule has 2 aromatic carbocycles. The third-order valence-electron chi connectivity index (χ3n) is 5.90. The Morgan fingerprint density at radius 1 is 1.03 bits per heavy atom. The van der Waals surface area contributed by atoms with Crippen molar-refractivity contribution < 1.29 is 8.42 Å². The monoisotopic (exact) mass is 515 g/mol. The van der Waals surface area contributed by atoms with Gasteiger partial charge in [-0.15, -0.1) is 0 Å². The lowest BCUT2D eigenvalue weighted by Crippen LogP contribution is -2.19. The van der Waals surface area contributed by atoms with Crippen molar-refractivity contribution in [2.45, 2.75) is 24.3 Å². The maximum absolute atomic E-state index is 11.8. The van der Waals surface area contributed by atoms with Crippen molar-refractivity contribution in [2.75, 3.05) is 17.3 Å². The number of nitrogens with one attached hydrogen (secondary N) is 1. The molecule has 0 spiro atoms. The molecule has 0 saturated heterocycles. The van der Waals surface area contributed by atoms with Crippen LogP contribution in [0.5, 0.6) is 0 Å². The van der Waals surface area contributed by atoms with Crippen molar-refractivity contribution in [3.63, 3.8) is 0 Å². The van der Waals surface area contributed by atoms with Crippen molar-refractivity contribution in [2.24, 2.45) is 5.14 Å². The summed E-state index contributed by atoms with van der Waals surface area (Å²) in [5.74, 6) is 1.50. The van der Waals surface area contributed by atoms with E-state index in [2.05, 4.69) is 25.4 Å². The predicted molar refractivity (Wildman–Crippen MR) is 141 cm³/mol. The van der Waals surface area contributed by atoms with Crippen LogP contribution in [0.2, 0.25) is 0 Å². The molecule has 5 rings (SSSR count). The highest BCUT2D eigenvalue weighted by molar-refractivity contribution is 7.89. The zero-order valence-electron chi connectivity index (χ0n) is 20.2. The minimum atomic E-state index is -3.81. The van der Waals surface area contributed by atoms with Gasteiger partial charge in [-0.2, -0.15) is 14.6 Å². The number of hydrogen-bond acceptors (Lipinski definition) is 9. The first kappa shape index (κ1) is 24.3. The second kappa shape index (κ2) is 9.91. The first-order valence-electron chi connectivity index (χ1n) is 11.6. The number of hydrogen-bond donors (Lipinski definition) is 2. The smallest absolute Gasteiger partial charge is 0.238 e. The summed E-state index contributed by atoms with van der Waals surface area (Å²) >= 11 is 0. The van der Waals surface area contributed by atoms with Gasteiger partial charge in [-0.25, -0.2) is 28.5 Å². The molecule has 5 aromatic rings. The van der Waals surface area contributed by atoms with Crippen LogP contribution >= 0.6 is 0 Å². The van der Waals surface area contributed by atoms with Gasteiger partial charge in [0.1, 0.15) is 12.1 Å². The summed E-state index contributed by atoms with van der Waals surface area (Å²) in [7, 11) is -1.97. The minimum Gasteiger partial charge on any atom is -0.347 e. The standard InChI is InChI=1S/C25H25N9O2S/c1-3-20(18-10-7-11-19(14-18)37(26,35)36)30-24-27-13-12-22(32-24)33(2)25-31-21(17-8-5-4-6-9-17)15-23-28-16-29-34(23)25/h4-16,20H,3H2,1-2H3,(H2,26,35,36)(H,27,30,32).